The van der Waals surface area contributed by atoms with Gasteiger partial charge in [0.2, 0.25) is 17.7 Å². The highest BCUT2D eigenvalue weighted by atomic mass is 35.5. The van der Waals surface area contributed by atoms with Crippen molar-refractivity contribution in [1.29, 1.82) is 0 Å². The van der Waals surface area contributed by atoms with Crippen molar-refractivity contribution in [1.82, 2.24) is 15.4 Å². The molecule has 0 unspecified atom stereocenters. The summed E-state index contributed by atoms with van der Waals surface area (Å²) >= 11 is 6.46. The molecule has 0 aliphatic heterocycles. The summed E-state index contributed by atoms with van der Waals surface area (Å²) in [6.45, 7) is 12.9. The van der Waals surface area contributed by atoms with Crippen LogP contribution in [0.25, 0.3) is 0 Å². The molecule has 0 saturated heterocycles. The van der Waals surface area contributed by atoms with E-state index < -0.39 is 17.1 Å². The molecule has 33 heavy (non-hydrogen) atoms. The fourth-order valence-electron chi connectivity index (χ4n) is 3.41. The third-order valence-corrected chi connectivity index (χ3v) is 5.00. The van der Waals surface area contributed by atoms with Gasteiger partial charge >= 0.3 is 0 Å². The van der Waals surface area contributed by atoms with E-state index in [0.29, 0.717) is 16.3 Å². The first-order chi connectivity index (χ1) is 15.2. The molecule has 0 fully saturated rings. The molecule has 0 aliphatic carbocycles. The molecule has 9 heteroatoms. The molecule has 180 valence electrons. The van der Waals surface area contributed by atoms with E-state index in [4.69, 9.17) is 16.1 Å². The predicted molar refractivity (Wildman–Crippen MR) is 128 cm³/mol. The molecular formula is C24H33ClN4O4. The first-order valence-corrected chi connectivity index (χ1v) is 11.2. The fraction of sp³-hybridized carbons (Fsp3) is 0.500. The summed E-state index contributed by atoms with van der Waals surface area (Å²) in [4.78, 5) is 40.7. The summed E-state index contributed by atoms with van der Waals surface area (Å²) < 4.78 is 4.93. The van der Waals surface area contributed by atoms with Crippen LogP contribution in [-0.4, -0.2) is 38.9 Å². The molecule has 1 heterocycles. The van der Waals surface area contributed by atoms with Crippen molar-refractivity contribution in [2.24, 2.45) is 0 Å². The van der Waals surface area contributed by atoms with Gasteiger partial charge in [0.15, 0.2) is 5.82 Å². The number of aromatic nitrogens is 1. The van der Waals surface area contributed by atoms with Crippen LogP contribution in [0.5, 0.6) is 0 Å². The third kappa shape index (κ3) is 7.60. The molecule has 1 atom stereocenters. The number of nitrogens with zero attached hydrogens (tertiary/aromatic N) is 2. The van der Waals surface area contributed by atoms with Gasteiger partial charge in [-0.05, 0) is 54.5 Å². The van der Waals surface area contributed by atoms with Gasteiger partial charge in [0.1, 0.15) is 11.8 Å². The van der Waals surface area contributed by atoms with Crippen LogP contribution in [0, 0.1) is 6.92 Å². The van der Waals surface area contributed by atoms with E-state index in [1.807, 2.05) is 41.5 Å². The summed E-state index contributed by atoms with van der Waals surface area (Å²) in [7, 11) is 0. The van der Waals surface area contributed by atoms with Crippen molar-refractivity contribution in [3.63, 3.8) is 0 Å². The zero-order valence-corrected chi connectivity index (χ0v) is 21.0. The van der Waals surface area contributed by atoms with Crippen molar-refractivity contribution in [3.05, 3.63) is 46.7 Å². The number of halogens is 1. The second-order valence-corrected chi connectivity index (χ2v) is 10.4. The molecule has 8 nitrogen and oxygen atoms in total. The van der Waals surface area contributed by atoms with E-state index >= 15 is 0 Å². The number of hydrogen-bond donors (Lipinski definition) is 2. The molecule has 0 aliphatic rings. The Bertz CT molecular complexity index is 1000. The van der Waals surface area contributed by atoms with Gasteiger partial charge < -0.3 is 20.1 Å². The molecular weight excluding hydrogens is 444 g/mol. The first-order valence-electron chi connectivity index (χ1n) is 10.8. The van der Waals surface area contributed by atoms with Gasteiger partial charge in [0.05, 0.1) is 0 Å². The van der Waals surface area contributed by atoms with Crippen molar-refractivity contribution >= 4 is 35.1 Å². The molecule has 1 aromatic carbocycles. The molecule has 0 bridgehead atoms. The SMILES string of the molecule is Cc1cc(NC(=O)CCC(=O)N([C@H](C(=O)NC(C)(C)C)c2ccccc2Cl)C(C)(C)C)no1. The minimum Gasteiger partial charge on any atom is -0.360 e. The van der Waals surface area contributed by atoms with Gasteiger partial charge in [0, 0.05) is 40.6 Å². The van der Waals surface area contributed by atoms with E-state index in [-0.39, 0.29) is 36.4 Å². The Hall–Kier alpha value is -2.87. The number of carbonyl (C=O) groups excluding carboxylic acids is 3. The monoisotopic (exact) mass is 476 g/mol. The maximum atomic E-state index is 13.4. The highest BCUT2D eigenvalue weighted by molar-refractivity contribution is 6.31. The molecule has 3 amide bonds. The van der Waals surface area contributed by atoms with Crippen LogP contribution in [0.1, 0.15) is 71.7 Å². The summed E-state index contributed by atoms with van der Waals surface area (Å²) in [6.07, 6.45) is -0.170. The average molecular weight is 477 g/mol. The van der Waals surface area contributed by atoms with Crippen molar-refractivity contribution in [2.45, 2.75) is 78.4 Å². The van der Waals surface area contributed by atoms with E-state index in [9.17, 15) is 14.4 Å². The molecule has 1 aromatic heterocycles. The number of benzene rings is 1. The van der Waals surface area contributed by atoms with Gasteiger partial charge in [-0.2, -0.15) is 0 Å². The van der Waals surface area contributed by atoms with E-state index in [0.717, 1.165) is 0 Å². The standard InChI is InChI=1S/C24H33ClN4O4/c1-15-14-18(28-33-15)26-19(30)12-13-20(31)29(24(5,6)7)21(22(32)27-23(2,3)4)16-10-8-9-11-17(16)25/h8-11,14,21H,12-13H2,1-7H3,(H,27,32)(H,26,28,30)/t21-/m0/s1. The quantitative estimate of drug-likeness (QED) is 0.605. The Morgan fingerprint density at radius 3 is 2.24 bits per heavy atom. The topological polar surface area (TPSA) is 105 Å². The Morgan fingerprint density at radius 1 is 1.09 bits per heavy atom. The summed E-state index contributed by atoms with van der Waals surface area (Å²) in [6, 6.07) is 7.59. The molecule has 2 rings (SSSR count). The minimum absolute atomic E-state index is 0.0759. The van der Waals surface area contributed by atoms with Crippen molar-refractivity contribution in [3.8, 4) is 0 Å². The summed E-state index contributed by atoms with van der Waals surface area (Å²) in [5, 5.41) is 9.67. The largest absolute Gasteiger partial charge is 0.360 e. The highest BCUT2D eigenvalue weighted by Gasteiger charge is 2.40. The van der Waals surface area contributed by atoms with E-state index in [1.54, 1.807) is 37.3 Å². The molecule has 2 aromatic rings. The predicted octanol–water partition coefficient (Wildman–Crippen LogP) is 4.64. The zero-order valence-electron chi connectivity index (χ0n) is 20.3. The highest BCUT2D eigenvalue weighted by Crippen LogP contribution is 2.34. The Kier molecular flexibility index (Phi) is 8.30. The molecule has 0 radical (unpaired) electrons. The van der Waals surface area contributed by atoms with Gasteiger partial charge in [-0.1, -0.05) is 35.0 Å². The van der Waals surface area contributed by atoms with Crippen molar-refractivity contribution in [2.75, 3.05) is 5.32 Å². The first kappa shape index (κ1) is 26.4. The maximum Gasteiger partial charge on any atom is 0.247 e. The summed E-state index contributed by atoms with van der Waals surface area (Å²) in [5.74, 6) is -0.216. The third-order valence-electron chi connectivity index (χ3n) is 4.66. The van der Waals surface area contributed by atoms with Gasteiger partial charge in [-0.3, -0.25) is 14.4 Å². The number of hydrogen-bond acceptors (Lipinski definition) is 5. The average Bonchev–Trinajstić information content (AvgIpc) is 3.07. The number of aryl methyl sites for hydroxylation is 1. The van der Waals surface area contributed by atoms with Gasteiger partial charge in [-0.15, -0.1) is 0 Å². The number of nitrogens with one attached hydrogen (secondary N) is 2. The smallest absolute Gasteiger partial charge is 0.247 e. The normalized spacial score (nSPS) is 12.7. The van der Waals surface area contributed by atoms with Crippen LogP contribution in [-0.2, 0) is 14.4 Å². The lowest BCUT2D eigenvalue weighted by molar-refractivity contribution is -0.147. The van der Waals surface area contributed by atoms with Crippen LogP contribution in [0.15, 0.2) is 34.9 Å². The lowest BCUT2D eigenvalue weighted by Gasteiger charge is -2.42. The van der Waals surface area contributed by atoms with Crippen LogP contribution < -0.4 is 10.6 Å². The van der Waals surface area contributed by atoms with Gasteiger partial charge in [0.25, 0.3) is 0 Å². The molecule has 0 spiro atoms. The number of amides is 3. The van der Waals surface area contributed by atoms with Crippen LogP contribution in [0.2, 0.25) is 5.02 Å². The Labute approximate surface area is 200 Å². The number of carbonyl (C=O) groups is 3. The zero-order chi connectivity index (χ0) is 25.0. The maximum absolute atomic E-state index is 13.4. The number of rotatable bonds is 7. The lowest BCUT2D eigenvalue weighted by Crippen LogP contribution is -2.55. The van der Waals surface area contributed by atoms with Gasteiger partial charge in [-0.25, -0.2) is 0 Å². The molecule has 2 N–H and O–H groups in total. The summed E-state index contributed by atoms with van der Waals surface area (Å²) in [5.41, 5.74) is -0.721. The Balaban J connectivity index is 2.32. The molecule has 0 saturated carbocycles. The second-order valence-electron chi connectivity index (χ2n) is 9.97. The fourth-order valence-corrected chi connectivity index (χ4v) is 3.65. The second kappa shape index (κ2) is 10.4. The van der Waals surface area contributed by atoms with E-state index in [2.05, 4.69) is 15.8 Å². The van der Waals surface area contributed by atoms with Crippen LogP contribution in [0.4, 0.5) is 5.82 Å². The number of anilines is 1. The van der Waals surface area contributed by atoms with Crippen molar-refractivity contribution < 1.29 is 18.9 Å². The minimum atomic E-state index is -0.966. The van der Waals surface area contributed by atoms with Crippen LogP contribution >= 0.6 is 11.6 Å². The van der Waals surface area contributed by atoms with Crippen LogP contribution in [0.3, 0.4) is 0 Å². The van der Waals surface area contributed by atoms with E-state index in [1.165, 1.54) is 4.90 Å². The Morgan fingerprint density at radius 2 is 1.73 bits per heavy atom. The lowest BCUT2D eigenvalue weighted by atomic mass is 9.95.